The topological polar surface area (TPSA) is 86.8 Å². The predicted molar refractivity (Wildman–Crippen MR) is 149 cm³/mol. The van der Waals surface area contributed by atoms with E-state index in [2.05, 4.69) is 4.72 Å². The molecule has 228 valence electrons. The number of carbonyl (C=O) groups is 2. The predicted octanol–water partition coefficient (Wildman–Crippen LogP) is 6.92. The maximum absolute atomic E-state index is 13.2. The monoisotopic (exact) mass is 615 g/mol. The molecule has 40 heavy (non-hydrogen) atoms. The van der Waals surface area contributed by atoms with E-state index in [9.17, 15) is 40.0 Å². The van der Waals surface area contributed by atoms with E-state index in [0.29, 0.717) is 23.5 Å². The van der Waals surface area contributed by atoms with Gasteiger partial charge in [0.25, 0.3) is 5.91 Å². The van der Waals surface area contributed by atoms with Crippen molar-refractivity contribution in [2.45, 2.75) is 96.2 Å². The minimum Gasteiger partial charge on any atom is -0.310 e. The average Bonchev–Trinajstić information content (AvgIpc) is 3.01. The average molecular weight is 616 g/mol. The highest BCUT2D eigenvalue weighted by atomic mass is 32.2. The Labute approximate surface area is 238 Å². The molecule has 1 aliphatic rings. The quantitative estimate of drug-likeness (QED) is 0.0860. The van der Waals surface area contributed by atoms with E-state index >= 15 is 0 Å². The Balaban J connectivity index is 1.66. The molecule has 1 aliphatic heterocycles. The summed E-state index contributed by atoms with van der Waals surface area (Å²) in [5.74, 6) is -3.96. The Kier molecular flexibility index (Phi) is 12.5. The van der Waals surface area contributed by atoms with Crippen molar-refractivity contribution in [3.05, 3.63) is 23.8 Å². The van der Waals surface area contributed by atoms with Gasteiger partial charge in [-0.15, -0.1) is 0 Å². The molecule has 0 spiro atoms. The van der Waals surface area contributed by atoms with Crippen LogP contribution in [0.2, 0.25) is 0 Å². The maximum Gasteiger partial charge on any atom is 0.453 e. The molecule has 0 saturated carbocycles. The molecule has 7 nitrogen and oxygen atoms in total. The van der Waals surface area contributed by atoms with Gasteiger partial charge in [-0.05, 0) is 75.3 Å². The molecule has 1 aromatic carbocycles. The van der Waals surface area contributed by atoms with Crippen LogP contribution in [0.15, 0.2) is 18.2 Å². The van der Waals surface area contributed by atoms with Gasteiger partial charge in [0.1, 0.15) is 5.54 Å². The van der Waals surface area contributed by atoms with Crippen molar-refractivity contribution in [1.82, 2.24) is 4.90 Å². The summed E-state index contributed by atoms with van der Waals surface area (Å²) >= 11 is 1.40. The Morgan fingerprint density at radius 3 is 2.05 bits per heavy atom. The van der Waals surface area contributed by atoms with Gasteiger partial charge < -0.3 is 4.90 Å². The van der Waals surface area contributed by atoms with E-state index in [0.717, 1.165) is 55.6 Å². The summed E-state index contributed by atoms with van der Waals surface area (Å²) in [6, 6.07) is 4.24. The van der Waals surface area contributed by atoms with Gasteiger partial charge in [-0.25, -0.2) is 18.1 Å². The number of carbonyl (C=O) groups excluding carboxylic acids is 2. The number of thioether (sulfide) groups is 1. The number of nitrogens with zero attached hydrogens (tertiary/aromatic N) is 2. The zero-order valence-electron chi connectivity index (χ0n) is 23.0. The van der Waals surface area contributed by atoms with E-state index < -0.39 is 41.0 Å². The molecule has 0 radical (unpaired) electrons. The van der Waals surface area contributed by atoms with Crippen molar-refractivity contribution < 1.29 is 40.0 Å². The molecule has 0 aliphatic carbocycles. The Morgan fingerprint density at radius 2 is 1.48 bits per heavy atom. The molecule has 1 heterocycles. The first-order valence-corrected chi connectivity index (χ1v) is 15.6. The number of hydrogen-bond acceptors (Lipinski definition) is 5. The number of nitrogens with one attached hydrogen (secondary N) is 1. The third-order valence-corrected chi connectivity index (χ3v) is 8.45. The van der Waals surface area contributed by atoms with Crippen LogP contribution < -0.4 is 9.62 Å². The van der Waals surface area contributed by atoms with Gasteiger partial charge in [0.2, 0.25) is 10.9 Å². The number of imide groups is 1. The van der Waals surface area contributed by atoms with Crippen molar-refractivity contribution in [3.63, 3.8) is 0 Å². The van der Waals surface area contributed by atoms with E-state index in [4.69, 9.17) is 0 Å². The zero-order chi connectivity index (χ0) is 30.1. The lowest BCUT2D eigenvalue weighted by molar-refractivity contribution is -0.284. The van der Waals surface area contributed by atoms with Crippen LogP contribution in [-0.2, 0) is 15.7 Å². The molecule has 1 saturated heterocycles. The number of benzene rings is 1. The van der Waals surface area contributed by atoms with Crippen LogP contribution in [0.4, 0.5) is 38.1 Å². The largest absolute Gasteiger partial charge is 0.453 e. The number of halogens is 5. The summed E-state index contributed by atoms with van der Waals surface area (Å²) in [5, 5.41) is 0. The van der Waals surface area contributed by atoms with Gasteiger partial charge in [0.05, 0.1) is 11.4 Å². The first-order chi connectivity index (χ1) is 18.6. The van der Waals surface area contributed by atoms with Crippen LogP contribution in [0.3, 0.4) is 0 Å². The Bertz CT molecular complexity index is 1090. The summed E-state index contributed by atoms with van der Waals surface area (Å²) in [6.07, 6.45) is -0.471. The maximum atomic E-state index is 13.2. The standard InChI is InChI=1S/C26H38F5N3O4S2/c1-19-18-20(12-13-21(19)32-40(37)38)34-22(35)24(2,3)33(23(34)36)15-9-7-5-4-6-8-10-16-39-17-11-14-25(27,28)26(29,30)31/h12-13,18,40H,4-11,14-17H2,1-3H3,(H,32,37,38). The van der Waals surface area contributed by atoms with Gasteiger partial charge in [-0.2, -0.15) is 33.7 Å². The SMILES string of the molecule is Cc1cc(N2C(=O)N(CCCCCCCCCSCCCC(F)(F)C(F)(F)F)C(C)(C)C2=O)ccc1N[SH](=O)=O. The third kappa shape index (κ3) is 9.22. The summed E-state index contributed by atoms with van der Waals surface area (Å²) in [7, 11) is -2.83. The molecular weight excluding hydrogens is 577 g/mol. The van der Waals surface area contributed by atoms with Crippen molar-refractivity contribution >= 4 is 46.0 Å². The number of rotatable bonds is 17. The van der Waals surface area contributed by atoms with E-state index in [1.807, 2.05) is 0 Å². The minimum atomic E-state index is -5.48. The van der Waals surface area contributed by atoms with Gasteiger partial charge in [0, 0.05) is 13.0 Å². The molecule has 1 aromatic rings. The summed E-state index contributed by atoms with van der Waals surface area (Å²) in [6.45, 7) is 5.52. The van der Waals surface area contributed by atoms with Crippen LogP contribution in [0.1, 0.15) is 77.2 Å². The van der Waals surface area contributed by atoms with Gasteiger partial charge in [0.15, 0.2) is 0 Å². The fourth-order valence-electron chi connectivity index (χ4n) is 4.45. The number of aryl methyl sites for hydroxylation is 1. The molecule has 2 rings (SSSR count). The fraction of sp³-hybridized carbons (Fsp3) is 0.692. The summed E-state index contributed by atoms with van der Waals surface area (Å²) in [5.41, 5.74) is 0.326. The number of unbranched alkanes of at least 4 members (excludes halogenated alkanes) is 6. The molecule has 0 unspecified atom stereocenters. The second kappa shape index (κ2) is 14.7. The fourth-order valence-corrected chi connectivity index (χ4v) is 5.86. The third-order valence-electron chi connectivity index (χ3n) is 6.87. The number of anilines is 2. The number of alkyl halides is 5. The van der Waals surface area contributed by atoms with Gasteiger partial charge >= 0.3 is 18.1 Å². The lowest BCUT2D eigenvalue weighted by atomic mass is 10.0. The first kappa shape index (κ1) is 34.1. The van der Waals surface area contributed by atoms with Crippen LogP contribution >= 0.6 is 11.8 Å². The second-order valence-corrected chi connectivity index (χ2v) is 12.4. The van der Waals surface area contributed by atoms with Crippen LogP contribution in [-0.4, -0.2) is 60.9 Å². The first-order valence-electron chi connectivity index (χ1n) is 13.3. The zero-order valence-corrected chi connectivity index (χ0v) is 24.7. The molecule has 0 atom stereocenters. The van der Waals surface area contributed by atoms with Crippen molar-refractivity contribution in [3.8, 4) is 0 Å². The molecule has 1 N–H and O–H groups in total. The molecular formula is C26H38F5N3O4S2. The lowest BCUT2D eigenvalue weighted by Gasteiger charge is -2.27. The number of hydrogen-bond donors (Lipinski definition) is 2. The summed E-state index contributed by atoms with van der Waals surface area (Å²) in [4.78, 5) is 29.0. The number of urea groups is 1. The van der Waals surface area contributed by atoms with Crippen molar-refractivity contribution in [2.75, 3.05) is 27.7 Å². The Morgan fingerprint density at radius 1 is 0.900 bits per heavy atom. The summed E-state index contributed by atoms with van der Waals surface area (Å²) < 4.78 is 86.3. The highest BCUT2D eigenvalue weighted by Gasteiger charge is 2.56. The van der Waals surface area contributed by atoms with Gasteiger partial charge in [-0.1, -0.05) is 32.1 Å². The molecule has 0 bridgehead atoms. The van der Waals surface area contributed by atoms with Crippen LogP contribution in [0, 0.1) is 6.92 Å². The number of amides is 3. The lowest BCUT2D eigenvalue weighted by Crippen LogP contribution is -2.44. The normalized spacial score (nSPS) is 15.9. The Hall–Kier alpha value is -2.09. The van der Waals surface area contributed by atoms with Crippen LogP contribution in [0.5, 0.6) is 0 Å². The van der Waals surface area contributed by atoms with Crippen LogP contribution in [0.25, 0.3) is 0 Å². The van der Waals surface area contributed by atoms with Crippen molar-refractivity contribution in [2.24, 2.45) is 0 Å². The number of thiol groups is 1. The van der Waals surface area contributed by atoms with Crippen molar-refractivity contribution in [1.29, 1.82) is 0 Å². The smallest absolute Gasteiger partial charge is 0.310 e. The molecule has 14 heteroatoms. The molecule has 1 fully saturated rings. The van der Waals surface area contributed by atoms with E-state index in [-0.39, 0.29) is 18.1 Å². The molecule has 0 aromatic heterocycles. The second-order valence-electron chi connectivity index (χ2n) is 10.4. The highest BCUT2D eigenvalue weighted by Crippen LogP contribution is 2.39. The van der Waals surface area contributed by atoms with E-state index in [1.165, 1.54) is 23.9 Å². The van der Waals surface area contributed by atoms with Gasteiger partial charge in [-0.3, -0.25) is 9.52 Å². The highest BCUT2D eigenvalue weighted by molar-refractivity contribution is 7.99. The molecule has 3 amide bonds. The van der Waals surface area contributed by atoms with E-state index in [1.54, 1.807) is 31.7 Å². The minimum absolute atomic E-state index is 0.174.